The maximum atomic E-state index is 12.2. The van der Waals surface area contributed by atoms with Crippen LogP contribution in [0.4, 0.5) is 5.69 Å². The third-order valence-corrected chi connectivity index (χ3v) is 10.1. The largest absolute Gasteiger partial charge is 0.465 e. The molecule has 2 rings (SSSR count). The summed E-state index contributed by atoms with van der Waals surface area (Å²) in [4.78, 5) is 24.3. The van der Waals surface area contributed by atoms with Crippen LogP contribution in [0.3, 0.4) is 0 Å². The Morgan fingerprint density at radius 3 is 2.48 bits per heavy atom. The highest BCUT2D eigenvalue weighted by molar-refractivity contribution is 7.18. The normalized spacial score (nSPS) is 13.3. The fourth-order valence-electron chi connectivity index (χ4n) is 2.71. The van der Waals surface area contributed by atoms with Gasteiger partial charge < -0.3 is 14.8 Å². The minimum absolute atomic E-state index is 0.0576. The lowest BCUT2D eigenvalue weighted by molar-refractivity contribution is 0.0607. The van der Waals surface area contributed by atoms with Crippen LogP contribution < -0.4 is 5.32 Å². The molecule has 0 aliphatic heterocycles. The molecule has 148 valence electrons. The van der Waals surface area contributed by atoms with Gasteiger partial charge in [-0.1, -0.05) is 44.2 Å². The van der Waals surface area contributed by atoms with Crippen molar-refractivity contribution in [3.05, 3.63) is 41.3 Å². The molecule has 0 bridgehead atoms. The van der Waals surface area contributed by atoms with Crippen molar-refractivity contribution in [3.8, 4) is 10.4 Å². The summed E-state index contributed by atoms with van der Waals surface area (Å²) in [7, 11) is -0.807. The third kappa shape index (κ3) is 5.43. The van der Waals surface area contributed by atoms with Crippen LogP contribution in [0.5, 0.6) is 0 Å². The molecule has 0 amide bonds. The number of carbonyl (C=O) groups excluding carboxylic acids is 1. The molecule has 1 aromatic carbocycles. The lowest BCUT2D eigenvalue weighted by Gasteiger charge is -2.36. The van der Waals surface area contributed by atoms with E-state index in [9.17, 15) is 9.59 Å². The number of nitrogens with one attached hydrogen (secondary N) is 1. The van der Waals surface area contributed by atoms with Gasteiger partial charge in [-0.15, -0.1) is 11.3 Å². The van der Waals surface area contributed by atoms with Crippen molar-refractivity contribution in [1.82, 2.24) is 0 Å². The number of rotatable bonds is 8. The molecular weight excluding hydrogens is 374 g/mol. The lowest BCUT2D eigenvalue weighted by Crippen LogP contribution is -2.39. The van der Waals surface area contributed by atoms with E-state index in [0.717, 1.165) is 29.0 Å². The maximum Gasteiger partial charge on any atom is 0.350 e. The molecule has 0 saturated heterocycles. The highest BCUT2D eigenvalue weighted by Crippen LogP contribution is 2.41. The molecule has 27 heavy (non-hydrogen) atoms. The van der Waals surface area contributed by atoms with Crippen LogP contribution in [0.15, 0.2) is 36.4 Å². The zero-order chi connectivity index (χ0) is 20.2. The first-order valence-corrected chi connectivity index (χ1v) is 13.1. The van der Waals surface area contributed by atoms with Gasteiger partial charge in [-0.3, -0.25) is 0 Å². The van der Waals surface area contributed by atoms with E-state index < -0.39 is 8.32 Å². The van der Waals surface area contributed by atoms with Gasteiger partial charge in [0.2, 0.25) is 0 Å². The van der Waals surface area contributed by atoms with Gasteiger partial charge in [-0.05, 0) is 49.5 Å². The molecule has 2 aromatic rings. The molecule has 1 atom stereocenters. The van der Waals surface area contributed by atoms with Gasteiger partial charge in [-0.25, -0.2) is 4.79 Å². The zero-order valence-electron chi connectivity index (χ0n) is 17.1. The average Bonchev–Trinajstić information content (AvgIpc) is 3.03. The summed E-state index contributed by atoms with van der Waals surface area (Å²) >= 11 is 1.44. The molecule has 0 aliphatic rings. The SMILES string of the molecule is COC(=O)c1sc(-c2ccccc2)cc1NC(C)CCC(C)(C)[Si](C)(C)O. The van der Waals surface area contributed by atoms with Crippen LogP contribution in [0.25, 0.3) is 10.4 Å². The highest BCUT2D eigenvalue weighted by Gasteiger charge is 2.37. The number of benzene rings is 1. The molecule has 1 aromatic heterocycles. The van der Waals surface area contributed by atoms with Crippen molar-refractivity contribution >= 4 is 31.3 Å². The second kappa shape index (κ2) is 8.58. The number of thiophene rings is 1. The first-order valence-electron chi connectivity index (χ1n) is 9.31. The standard InChI is InChI=1S/C21H31NO3SSi/c1-15(12-13-21(2,3)27(5,6)24)22-17-14-18(16-10-8-7-9-11-16)26-19(17)20(23)25-4/h7-11,14-15,22,24H,12-13H2,1-6H3. The van der Waals surface area contributed by atoms with E-state index in [4.69, 9.17) is 4.74 Å². The minimum atomic E-state index is -2.22. The quantitative estimate of drug-likeness (QED) is 0.433. The van der Waals surface area contributed by atoms with Gasteiger partial charge in [0, 0.05) is 10.9 Å². The molecule has 0 aliphatic carbocycles. The van der Waals surface area contributed by atoms with Crippen LogP contribution >= 0.6 is 11.3 Å². The number of anilines is 1. The summed E-state index contributed by atoms with van der Waals surface area (Å²) in [6.45, 7) is 10.4. The van der Waals surface area contributed by atoms with Crippen molar-refractivity contribution in [3.63, 3.8) is 0 Å². The summed E-state index contributed by atoms with van der Waals surface area (Å²) in [6, 6.07) is 12.2. The topological polar surface area (TPSA) is 58.6 Å². The van der Waals surface area contributed by atoms with E-state index >= 15 is 0 Å². The second-order valence-corrected chi connectivity index (χ2v) is 13.8. The van der Waals surface area contributed by atoms with Crippen LogP contribution in [0.1, 0.15) is 43.3 Å². The smallest absolute Gasteiger partial charge is 0.350 e. The Morgan fingerprint density at radius 2 is 1.93 bits per heavy atom. The van der Waals surface area contributed by atoms with Crippen molar-refractivity contribution in [1.29, 1.82) is 0 Å². The number of methoxy groups -OCH3 is 1. The Hall–Kier alpha value is -1.63. The summed E-state index contributed by atoms with van der Waals surface area (Å²) in [6.07, 6.45) is 1.85. The van der Waals surface area contributed by atoms with E-state index in [1.807, 2.05) is 49.5 Å². The Kier molecular flexibility index (Phi) is 6.89. The summed E-state index contributed by atoms with van der Waals surface area (Å²) in [5.74, 6) is -0.318. The molecule has 1 heterocycles. The molecule has 1 unspecified atom stereocenters. The second-order valence-electron chi connectivity index (χ2n) is 8.24. The first kappa shape index (κ1) is 21.7. The number of hydrogen-bond acceptors (Lipinski definition) is 5. The zero-order valence-corrected chi connectivity index (χ0v) is 18.9. The number of esters is 1. The predicted molar refractivity (Wildman–Crippen MR) is 117 cm³/mol. The third-order valence-electron chi connectivity index (χ3n) is 5.42. The van der Waals surface area contributed by atoms with E-state index in [1.54, 1.807) is 0 Å². The number of hydrogen-bond donors (Lipinski definition) is 2. The summed E-state index contributed by atoms with van der Waals surface area (Å²) < 4.78 is 4.97. The monoisotopic (exact) mass is 405 g/mol. The molecule has 0 spiro atoms. The van der Waals surface area contributed by atoms with Gasteiger partial charge in [0.25, 0.3) is 0 Å². The first-order chi connectivity index (χ1) is 12.5. The van der Waals surface area contributed by atoms with E-state index in [2.05, 4.69) is 26.1 Å². The van der Waals surface area contributed by atoms with Crippen LogP contribution in [0.2, 0.25) is 18.1 Å². The van der Waals surface area contributed by atoms with E-state index in [0.29, 0.717) is 4.88 Å². The molecule has 2 N–H and O–H groups in total. The molecule has 0 radical (unpaired) electrons. The Labute approximate surface area is 167 Å². The Balaban J connectivity index is 2.17. The highest BCUT2D eigenvalue weighted by atomic mass is 32.1. The van der Waals surface area contributed by atoms with Crippen molar-refractivity contribution < 1.29 is 14.3 Å². The fraction of sp³-hybridized carbons (Fsp3) is 0.476. The molecule has 0 fully saturated rings. The van der Waals surface area contributed by atoms with Gasteiger partial charge in [0.15, 0.2) is 8.32 Å². The van der Waals surface area contributed by atoms with E-state index in [1.165, 1.54) is 18.4 Å². The van der Waals surface area contributed by atoms with E-state index in [-0.39, 0.29) is 17.0 Å². The van der Waals surface area contributed by atoms with Gasteiger partial charge in [-0.2, -0.15) is 0 Å². The lowest BCUT2D eigenvalue weighted by atomic mass is 10.0. The molecule has 0 saturated carbocycles. The van der Waals surface area contributed by atoms with Crippen LogP contribution in [-0.4, -0.2) is 32.2 Å². The van der Waals surface area contributed by atoms with Gasteiger partial charge in [0.05, 0.1) is 12.8 Å². The molecular formula is C21H31NO3SSi. The van der Waals surface area contributed by atoms with Crippen molar-refractivity contribution in [2.24, 2.45) is 0 Å². The molecule has 6 heteroatoms. The van der Waals surface area contributed by atoms with Crippen molar-refractivity contribution in [2.45, 2.75) is 57.8 Å². The number of carbonyl (C=O) groups is 1. The van der Waals surface area contributed by atoms with Crippen LogP contribution in [0, 0.1) is 0 Å². The Bertz CT molecular complexity index is 765. The van der Waals surface area contributed by atoms with Crippen LogP contribution in [-0.2, 0) is 4.74 Å². The minimum Gasteiger partial charge on any atom is -0.465 e. The van der Waals surface area contributed by atoms with Crippen molar-refractivity contribution in [2.75, 3.05) is 12.4 Å². The predicted octanol–water partition coefficient (Wildman–Crippen LogP) is 5.76. The average molecular weight is 406 g/mol. The summed E-state index contributed by atoms with van der Waals surface area (Å²) in [5.41, 5.74) is 1.90. The summed E-state index contributed by atoms with van der Waals surface area (Å²) in [5, 5.41) is 3.43. The van der Waals surface area contributed by atoms with Gasteiger partial charge in [0.1, 0.15) is 4.88 Å². The number of ether oxygens (including phenoxy) is 1. The van der Waals surface area contributed by atoms with Gasteiger partial charge >= 0.3 is 5.97 Å². The molecule has 4 nitrogen and oxygen atoms in total. The maximum absolute atomic E-state index is 12.2. The Morgan fingerprint density at radius 1 is 1.30 bits per heavy atom. The fourth-order valence-corrected chi connectivity index (χ4v) is 4.51.